The third kappa shape index (κ3) is 4.05. The van der Waals surface area contributed by atoms with E-state index in [-0.39, 0.29) is 24.0 Å². The molecular weight excluding hydrogens is 280 g/mol. The lowest BCUT2D eigenvalue weighted by molar-refractivity contribution is -0.146. The van der Waals surface area contributed by atoms with Crippen molar-refractivity contribution in [3.63, 3.8) is 0 Å². The van der Waals surface area contributed by atoms with E-state index in [4.69, 9.17) is 4.74 Å². The molecule has 2 unspecified atom stereocenters. The first-order valence-electron chi connectivity index (χ1n) is 6.53. The van der Waals surface area contributed by atoms with Crippen molar-refractivity contribution in [1.82, 2.24) is 0 Å². The number of carbonyl (C=O) groups is 1. The molecule has 0 amide bonds. The largest absolute Gasteiger partial charge is 0.481 e. The average Bonchev–Trinajstić information content (AvgIpc) is 2.75. The van der Waals surface area contributed by atoms with Crippen LogP contribution in [0.3, 0.4) is 0 Å². The van der Waals surface area contributed by atoms with Crippen molar-refractivity contribution in [2.75, 3.05) is 18.1 Å². The van der Waals surface area contributed by atoms with Crippen LogP contribution in [0.5, 0.6) is 0 Å². The van der Waals surface area contributed by atoms with Crippen molar-refractivity contribution in [3.8, 4) is 0 Å². The summed E-state index contributed by atoms with van der Waals surface area (Å²) in [5.41, 5.74) is 0.968. The van der Waals surface area contributed by atoms with E-state index >= 15 is 0 Å². The van der Waals surface area contributed by atoms with Crippen LogP contribution in [0, 0.1) is 11.8 Å². The molecule has 2 atom stereocenters. The molecule has 1 aromatic rings. The van der Waals surface area contributed by atoms with E-state index in [9.17, 15) is 18.3 Å². The third-order valence-electron chi connectivity index (χ3n) is 3.56. The Bertz CT molecular complexity index is 552. The van der Waals surface area contributed by atoms with Crippen LogP contribution >= 0.6 is 0 Å². The van der Waals surface area contributed by atoms with Crippen LogP contribution in [0.2, 0.25) is 0 Å². The fraction of sp³-hybridized carbons (Fsp3) is 0.500. The Morgan fingerprint density at radius 2 is 2.05 bits per heavy atom. The van der Waals surface area contributed by atoms with Gasteiger partial charge in [0.05, 0.1) is 30.6 Å². The summed E-state index contributed by atoms with van der Waals surface area (Å²) in [7, 11) is -3.07. The highest BCUT2D eigenvalue weighted by atomic mass is 32.2. The minimum Gasteiger partial charge on any atom is -0.481 e. The second-order valence-electron chi connectivity index (χ2n) is 5.11. The molecule has 5 nitrogen and oxygen atoms in total. The topological polar surface area (TPSA) is 80.7 Å². The molecule has 6 heteroatoms. The molecule has 0 spiro atoms. The summed E-state index contributed by atoms with van der Waals surface area (Å²) >= 11 is 0. The maximum Gasteiger partial charge on any atom is 0.309 e. The maximum absolute atomic E-state index is 11.4. The van der Waals surface area contributed by atoms with E-state index in [1.165, 1.54) is 0 Å². The van der Waals surface area contributed by atoms with E-state index in [2.05, 4.69) is 0 Å². The minimum absolute atomic E-state index is 0.0430. The predicted octanol–water partition coefficient (Wildman–Crippen LogP) is 1.34. The summed E-state index contributed by atoms with van der Waals surface area (Å²) in [6.07, 6.45) is 0.411. The highest BCUT2D eigenvalue weighted by molar-refractivity contribution is 7.91. The van der Waals surface area contributed by atoms with Crippen molar-refractivity contribution in [2.45, 2.75) is 13.0 Å². The smallest absolute Gasteiger partial charge is 0.309 e. The summed E-state index contributed by atoms with van der Waals surface area (Å²) in [6, 6.07) is 9.46. The van der Waals surface area contributed by atoms with Crippen molar-refractivity contribution in [2.24, 2.45) is 11.8 Å². The Morgan fingerprint density at radius 3 is 2.60 bits per heavy atom. The van der Waals surface area contributed by atoms with Crippen LogP contribution in [0.25, 0.3) is 0 Å². The SMILES string of the molecule is O=C(O)C(COCc1ccccc1)C1CCS(=O)(=O)C1. The number of sulfone groups is 1. The molecule has 1 aromatic carbocycles. The number of rotatable bonds is 6. The van der Waals surface area contributed by atoms with Crippen LogP contribution in [0.1, 0.15) is 12.0 Å². The van der Waals surface area contributed by atoms with Gasteiger partial charge in [-0.25, -0.2) is 8.42 Å². The zero-order valence-corrected chi connectivity index (χ0v) is 11.9. The number of hydrogen-bond acceptors (Lipinski definition) is 4. The first-order chi connectivity index (χ1) is 9.48. The third-order valence-corrected chi connectivity index (χ3v) is 5.36. The molecule has 1 saturated heterocycles. The standard InChI is InChI=1S/C14H18O5S/c15-14(16)13(12-6-7-20(17,18)10-12)9-19-8-11-4-2-1-3-5-11/h1-5,12-13H,6-10H2,(H,15,16). The van der Waals surface area contributed by atoms with Crippen LogP contribution in [-0.4, -0.2) is 37.6 Å². The monoisotopic (exact) mass is 298 g/mol. The molecule has 0 saturated carbocycles. The molecule has 1 heterocycles. The van der Waals surface area contributed by atoms with Gasteiger partial charge in [-0.2, -0.15) is 0 Å². The summed E-state index contributed by atoms with van der Waals surface area (Å²) < 4.78 is 28.3. The van der Waals surface area contributed by atoms with Gasteiger partial charge >= 0.3 is 5.97 Å². The number of carboxylic acids is 1. The van der Waals surface area contributed by atoms with Crippen LogP contribution in [0.15, 0.2) is 30.3 Å². The van der Waals surface area contributed by atoms with Gasteiger partial charge in [0.25, 0.3) is 0 Å². The highest BCUT2D eigenvalue weighted by Gasteiger charge is 2.37. The molecule has 1 aliphatic rings. The summed E-state index contributed by atoms with van der Waals surface area (Å²) in [6.45, 7) is 0.383. The Labute approximate surface area is 118 Å². The van der Waals surface area contributed by atoms with Gasteiger partial charge in [0, 0.05) is 0 Å². The molecular formula is C14H18O5S. The van der Waals surface area contributed by atoms with Gasteiger partial charge in [-0.05, 0) is 17.9 Å². The van der Waals surface area contributed by atoms with Crippen LogP contribution in [0.4, 0.5) is 0 Å². The highest BCUT2D eigenvalue weighted by Crippen LogP contribution is 2.26. The Morgan fingerprint density at radius 1 is 1.35 bits per heavy atom. The lowest BCUT2D eigenvalue weighted by atomic mass is 9.93. The Hall–Kier alpha value is -1.40. The minimum atomic E-state index is -3.07. The van der Waals surface area contributed by atoms with Crippen LogP contribution in [-0.2, 0) is 26.0 Å². The maximum atomic E-state index is 11.4. The van der Waals surface area contributed by atoms with Gasteiger partial charge in [-0.3, -0.25) is 4.79 Å². The summed E-state index contributed by atoms with van der Waals surface area (Å²) in [5, 5.41) is 9.23. The van der Waals surface area contributed by atoms with E-state index < -0.39 is 21.7 Å². The Kier molecular flexibility index (Phi) is 4.77. The molecule has 0 aliphatic carbocycles. The van der Waals surface area contributed by atoms with Gasteiger partial charge in [-0.15, -0.1) is 0 Å². The number of aliphatic carboxylic acids is 1. The van der Waals surface area contributed by atoms with Gasteiger partial charge < -0.3 is 9.84 Å². The van der Waals surface area contributed by atoms with Gasteiger partial charge in [0.2, 0.25) is 0 Å². The molecule has 1 aliphatic heterocycles. The number of ether oxygens (including phenoxy) is 1. The molecule has 2 rings (SSSR count). The van der Waals surface area contributed by atoms with E-state index in [0.29, 0.717) is 13.0 Å². The van der Waals surface area contributed by atoms with Crippen molar-refractivity contribution in [3.05, 3.63) is 35.9 Å². The Balaban J connectivity index is 1.89. The lowest BCUT2D eigenvalue weighted by Gasteiger charge is -2.18. The van der Waals surface area contributed by atoms with Crippen molar-refractivity contribution in [1.29, 1.82) is 0 Å². The fourth-order valence-electron chi connectivity index (χ4n) is 2.43. The van der Waals surface area contributed by atoms with Crippen molar-refractivity contribution < 1.29 is 23.1 Å². The first-order valence-corrected chi connectivity index (χ1v) is 8.35. The number of benzene rings is 1. The normalized spacial score (nSPS) is 22.5. The van der Waals surface area contributed by atoms with Gasteiger partial charge in [0.15, 0.2) is 9.84 Å². The second kappa shape index (κ2) is 6.37. The summed E-state index contributed by atoms with van der Waals surface area (Å²) in [5.74, 6) is -2.04. The quantitative estimate of drug-likeness (QED) is 0.857. The molecule has 1 N–H and O–H groups in total. The lowest BCUT2D eigenvalue weighted by Crippen LogP contribution is -2.29. The molecule has 20 heavy (non-hydrogen) atoms. The number of carboxylic acid groups (broad SMARTS) is 1. The average molecular weight is 298 g/mol. The van der Waals surface area contributed by atoms with E-state index in [0.717, 1.165) is 5.56 Å². The van der Waals surface area contributed by atoms with E-state index in [1.807, 2.05) is 30.3 Å². The van der Waals surface area contributed by atoms with Crippen molar-refractivity contribution >= 4 is 15.8 Å². The fourth-order valence-corrected chi connectivity index (χ4v) is 4.31. The molecule has 1 fully saturated rings. The second-order valence-corrected chi connectivity index (χ2v) is 7.34. The number of hydrogen-bond donors (Lipinski definition) is 1. The van der Waals surface area contributed by atoms with Gasteiger partial charge in [0.1, 0.15) is 0 Å². The predicted molar refractivity (Wildman–Crippen MR) is 74.0 cm³/mol. The zero-order valence-electron chi connectivity index (χ0n) is 11.1. The first kappa shape index (κ1) is 15.0. The van der Waals surface area contributed by atoms with Gasteiger partial charge in [-0.1, -0.05) is 30.3 Å². The zero-order chi connectivity index (χ0) is 14.6. The molecule has 0 radical (unpaired) electrons. The molecule has 110 valence electrons. The van der Waals surface area contributed by atoms with E-state index in [1.54, 1.807) is 0 Å². The molecule has 0 bridgehead atoms. The molecule has 0 aromatic heterocycles. The summed E-state index contributed by atoms with van der Waals surface area (Å²) in [4.78, 5) is 11.3. The van der Waals surface area contributed by atoms with Crippen LogP contribution < -0.4 is 0 Å².